The highest BCUT2D eigenvalue weighted by molar-refractivity contribution is 6.34. The van der Waals surface area contributed by atoms with E-state index in [0.29, 0.717) is 15.5 Å². The summed E-state index contributed by atoms with van der Waals surface area (Å²) < 4.78 is 0. The highest BCUT2D eigenvalue weighted by Gasteiger charge is 1.94. The average Bonchev–Trinajstić information content (AvgIpc) is 1.94. The third kappa shape index (κ3) is 2.25. The largest absolute Gasteiger partial charge is 0.368 e. The topological polar surface area (TPSA) is 78.0 Å². The van der Waals surface area contributed by atoms with E-state index in [1.165, 1.54) is 12.3 Å². The quantitative estimate of drug-likeness (QED) is 0.430. The van der Waals surface area contributed by atoms with E-state index in [0.717, 1.165) is 0 Å². The summed E-state index contributed by atoms with van der Waals surface area (Å²) in [5.74, 6) is -0.310. The molecule has 0 radical (unpaired) electrons. The molecule has 0 saturated heterocycles. The third-order valence-corrected chi connectivity index (χ3v) is 1.58. The Kier molecular flexibility index (Phi) is 2.73. The second-order valence-corrected chi connectivity index (χ2v) is 2.86. The molecule has 64 valence electrons. The van der Waals surface area contributed by atoms with Crippen LogP contribution < -0.4 is 11.2 Å². The Labute approximate surface area is 78.5 Å². The fraction of sp³-hybridized carbons (Fsp3) is 0. The second kappa shape index (κ2) is 3.60. The number of aromatic amines is 1. The normalized spacial score (nSPS) is 11.7. The van der Waals surface area contributed by atoms with Gasteiger partial charge in [-0.25, -0.2) is 0 Å². The summed E-state index contributed by atoms with van der Waals surface area (Å²) in [6.07, 6.45) is 1.51. The van der Waals surface area contributed by atoms with Crippen molar-refractivity contribution in [3.05, 3.63) is 27.8 Å². The Bertz CT molecular complexity index is 368. The number of halogens is 2. The maximum absolute atomic E-state index is 6.88. The van der Waals surface area contributed by atoms with Crippen LogP contribution in [0.1, 0.15) is 0 Å². The molecule has 1 aromatic rings. The Hall–Kier alpha value is -1.000. The Balaban J connectivity index is 3.27. The fourth-order valence-electron chi connectivity index (χ4n) is 0.643. The number of rotatable bonds is 0. The number of pyridine rings is 1. The average molecular weight is 205 g/mol. The summed E-state index contributed by atoms with van der Waals surface area (Å²) in [5.41, 5.74) is 5.36. The summed E-state index contributed by atoms with van der Waals surface area (Å²) in [6, 6.07) is 1.52. The van der Waals surface area contributed by atoms with Crippen molar-refractivity contribution in [2.24, 2.45) is 10.7 Å². The van der Waals surface area contributed by atoms with Gasteiger partial charge in [0.2, 0.25) is 5.96 Å². The molecule has 4 N–H and O–H groups in total. The van der Waals surface area contributed by atoms with E-state index < -0.39 is 0 Å². The van der Waals surface area contributed by atoms with E-state index in [1.54, 1.807) is 0 Å². The molecule has 0 amide bonds. The van der Waals surface area contributed by atoms with E-state index in [2.05, 4.69) is 9.98 Å². The Morgan fingerprint density at radius 2 is 2.25 bits per heavy atom. The number of hydrogen-bond acceptors (Lipinski definition) is 1. The van der Waals surface area contributed by atoms with Crippen molar-refractivity contribution >= 4 is 29.2 Å². The van der Waals surface area contributed by atoms with Crippen LogP contribution in [0.4, 0.5) is 0 Å². The van der Waals surface area contributed by atoms with Crippen LogP contribution in [0.25, 0.3) is 0 Å². The molecule has 1 rings (SSSR count). The van der Waals surface area contributed by atoms with Crippen molar-refractivity contribution < 1.29 is 0 Å². The van der Waals surface area contributed by atoms with Gasteiger partial charge >= 0.3 is 0 Å². The lowest BCUT2D eigenvalue weighted by Crippen LogP contribution is -2.16. The van der Waals surface area contributed by atoms with E-state index in [1.807, 2.05) is 0 Å². The van der Waals surface area contributed by atoms with E-state index in [-0.39, 0.29) is 5.96 Å². The molecule has 0 aliphatic carbocycles. The lowest BCUT2D eigenvalue weighted by molar-refractivity contribution is 1.15. The van der Waals surface area contributed by atoms with Gasteiger partial charge in [-0.2, -0.15) is 4.99 Å². The van der Waals surface area contributed by atoms with Gasteiger partial charge in [0.25, 0.3) is 0 Å². The minimum absolute atomic E-state index is 0.310. The molecule has 0 atom stereocenters. The van der Waals surface area contributed by atoms with Crippen LogP contribution in [0.15, 0.2) is 17.3 Å². The van der Waals surface area contributed by atoms with Crippen molar-refractivity contribution in [1.82, 2.24) is 4.98 Å². The molecule has 0 bridgehead atoms. The zero-order chi connectivity index (χ0) is 9.14. The maximum Gasteiger partial charge on any atom is 0.214 e. The summed E-state index contributed by atoms with van der Waals surface area (Å²) in [4.78, 5) is 6.30. The molecule has 0 unspecified atom stereocenters. The molecule has 0 aliphatic rings. The SMILES string of the molecule is N=C(N)/N=c1\[nH]cc(Cl)cc1Cl. The predicted octanol–water partition coefficient (Wildman–Crippen LogP) is 1.12. The van der Waals surface area contributed by atoms with Gasteiger partial charge in [0.05, 0.1) is 10.0 Å². The first-order valence-electron chi connectivity index (χ1n) is 3.02. The van der Waals surface area contributed by atoms with Gasteiger partial charge in [-0.15, -0.1) is 0 Å². The van der Waals surface area contributed by atoms with Crippen LogP contribution >= 0.6 is 23.2 Å². The summed E-state index contributed by atoms with van der Waals surface area (Å²) in [6.45, 7) is 0. The van der Waals surface area contributed by atoms with Gasteiger partial charge in [0, 0.05) is 6.20 Å². The summed E-state index contributed by atoms with van der Waals surface area (Å²) in [7, 11) is 0. The molecule has 0 spiro atoms. The number of hydrogen-bond donors (Lipinski definition) is 3. The minimum atomic E-state index is -0.310. The van der Waals surface area contributed by atoms with Gasteiger partial charge in [-0.05, 0) is 6.07 Å². The first kappa shape index (κ1) is 9.09. The van der Waals surface area contributed by atoms with Crippen molar-refractivity contribution in [3.8, 4) is 0 Å². The number of H-pyrrole nitrogens is 1. The molecule has 4 nitrogen and oxygen atoms in total. The smallest absolute Gasteiger partial charge is 0.214 e. The van der Waals surface area contributed by atoms with E-state index in [9.17, 15) is 0 Å². The Morgan fingerprint density at radius 3 is 2.75 bits per heavy atom. The van der Waals surface area contributed by atoms with E-state index >= 15 is 0 Å². The molecule has 0 aromatic carbocycles. The number of aromatic nitrogens is 1. The van der Waals surface area contributed by atoms with Gasteiger partial charge in [-0.3, -0.25) is 5.41 Å². The highest BCUT2D eigenvalue weighted by Crippen LogP contribution is 2.08. The first-order chi connectivity index (χ1) is 5.59. The van der Waals surface area contributed by atoms with Crippen LogP contribution in [0.5, 0.6) is 0 Å². The van der Waals surface area contributed by atoms with Crippen molar-refractivity contribution in [3.63, 3.8) is 0 Å². The van der Waals surface area contributed by atoms with Crippen LogP contribution in [0.3, 0.4) is 0 Å². The standard InChI is InChI=1S/C6H6Cl2N4/c7-3-1-4(8)5(11-2-3)12-6(9)10/h1-2H,(H4,9,10,11,12). The van der Waals surface area contributed by atoms with Crippen LogP contribution in [-0.4, -0.2) is 10.9 Å². The number of guanidine groups is 1. The van der Waals surface area contributed by atoms with Gasteiger partial charge in [-0.1, -0.05) is 23.2 Å². The summed E-state index contributed by atoms with van der Waals surface area (Å²) in [5, 5.41) is 7.69. The number of nitrogens with zero attached hydrogens (tertiary/aromatic N) is 1. The highest BCUT2D eigenvalue weighted by atomic mass is 35.5. The van der Waals surface area contributed by atoms with Crippen molar-refractivity contribution in [1.29, 1.82) is 5.41 Å². The van der Waals surface area contributed by atoms with Crippen molar-refractivity contribution in [2.75, 3.05) is 0 Å². The Morgan fingerprint density at radius 1 is 1.58 bits per heavy atom. The fourth-order valence-corrected chi connectivity index (χ4v) is 1.08. The molecule has 0 saturated carbocycles. The lowest BCUT2D eigenvalue weighted by Gasteiger charge is -1.93. The van der Waals surface area contributed by atoms with Gasteiger partial charge < -0.3 is 10.7 Å². The van der Waals surface area contributed by atoms with Crippen LogP contribution in [-0.2, 0) is 0 Å². The molecule has 12 heavy (non-hydrogen) atoms. The molecule has 6 heteroatoms. The van der Waals surface area contributed by atoms with Crippen LogP contribution in [0.2, 0.25) is 10.0 Å². The molecular formula is C6H6Cl2N4. The van der Waals surface area contributed by atoms with Gasteiger partial charge in [0.15, 0.2) is 5.49 Å². The molecular weight excluding hydrogens is 199 g/mol. The van der Waals surface area contributed by atoms with Crippen LogP contribution in [0, 0.1) is 5.41 Å². The maximum atomic E-state index is 6.88. The minimum Gasteiger partial charge on any atom is -0.368 e. The molecule has 0 aliphatic heterocycles. The second-order valence-electron chi connectivity index (χ2n) is 2.01. The zero-order valence-electron chi connectivity index (χ0n) is 5.94. The zero-order valence-corrected chi connectivity index (χ0v) is 7.45. The summed E-state index contributed by atoms with van der Waals surface area (Å²) >= 11 is 11.3. The van der Waals surface area contributed by atoms with Crippen molar-refractivity contribution in [2.45, 2.75) is 0 Å². The third-order valence-electron chi connectivity index (χ3n) is 1.07. The predicted molar refractivity (Wildman–Crippen MR) is 48.3 cm³/mol. The number of nitrogens with two attached hydrogens (primary N) is 1. The van der Waals surface area contributed by atoms with Gasteiger partial charge in [0.1, 0.15) is 0 Å². The monoisotopic (exact) mass is 204 g/mol. The van der Waals surface area contributed by atoms with E-state index in [4.69, 9.17) is 34.3 Å². The molecule has 0 fully saturated rings. The number of nitrogens with one attached hydrogen (secondary N) is 2. The molecule has 1 aromatic heterocycles. The molecule has 1 heterocycles. The lowest BCUT2D eigenvalue weighted by atomic mass is 10.5. The first-order valence-corrected chi connectivity index (χ1v) is 3.77.